The van der Waals surface area contributed by atoms with Gasteiger partial charge in [-0.05, 0) is 25.3 Å². The SMILES string of the molecule is CCNCc1coc(N(C)CC2CCOCC2)n1. The van der Waals surface area contributed by atoms with Crippen molar-refractivity contribution < 1.29 is 9.15 Å². The van der Waals surface area contributed by atoms with Crippen LogP contribution in [0.1, 0.15) is 25.5 Å². The summed E-state index contributed by atoms with van der Waals surface area (Å²) in [7, 11) is 2.04. The molecule has 0 aromatic carbocycles. The molecule has 0 amide bonds. The van der Waals surface area contributed by atoms with E-state index in [1.165, 1.54) is 0 Å². The van der Waals surface area contributed by atoms with Crippen molar-refractivity contribution in [3.05, 3.63) is 12.0 Å². The van der Waals surface area contributed by atoms with Gasteiger partial charge in [0.15, 0.2) is 0 Å². The fourth-order valence-electron chi connectivity index (χ4n) is 2.20. The number of nitrogens with zero attached hydrogens (tertiary/aromatic N) is 2. The molecule has 5 heteroatoms. The predicted octanol–water partition coefficient (Wildman–Crippen LogP) is 1.65. The van der Waals surface area contributed by atoms with E-state index in [0.29, 0.717) is 5.92 Å². The molecular weight excluding hydrogens is 230 g/mol. The number of rotatable bonds is 6. The number of nitrogens with one attached hydrogen (secondary N) is 1. The lowest BCUT2D eigenvalue weighted by Gasteiger charge is -2.26. The molecule has 1 aliphatic rings. The summed E-state index contributed by atoms with van der Waals surface area (Å²) in [6.07, 6.45) is 4.00. The monoisotopic (exact) mass is 253 g/mol. The highest BCUT2D eigenvalue weighted by Gasteiger charge is 2.18. The van der Waals surface area contributed by atoms with Crippen LogP contribution < -0.4 is 10.2 Å². The summed E-state index contributed by atoms with van der Waals surface area (Å²) in [5.41, 5.74) is 0.964. The smallest absolute Gasteiger partial charge is 0.297 e. The Morgan fingerprint density at radius 1 is 1.44 bits per heavy atom. The number of ether oxygens (including phenoxy) is 1. The first kappa shape index (κ1) is 13.4. The van der Waals surface area contributed by atoms with E-state index in [0.717, 1.165) is 57.4 Å². The molecule has 0 saturated carbocycles. The lowest BCUT2D eigenvalue weighted by Crippen LogP contribution is -2.29. The maximum Gasteiger partial charge on any atom is 0.297 e. The topological polar surface area (TPSA) is 50.5 Å². The molecule has 2 rings (SSSR count). The minimum absolute atomic E-state index is 0.688. The highest BCUT2D eigenvalue weighted by molar-refractivity contribution is 5.25. The van der Waals surface area contributed by atoms with Crippen LogP contribution in [-0.2, 0) is 11.3 Å². The summed E-state index contributed by atoms with van der Waals surface area (Å²) in [4.78, 5) is 6.58. The van der Waals surface area contributed by atoms with Gasteiger partial charge in [0.2, 0.25) is 0 Å². The second-order valence-electron chi connectivity index (χ2n) is 4.84. The summed E-state index contributed by atoms with van der Waals surface area (Å²) in [5, 5.41) is 3.24. The van der Waals surface area contributed by atoms with E-state index >= 15 is 0 Å². The first-order chi connectivity index (χ1) is 8.79. The summed E-state index contributed by atoms with van der Waals surface area (Å²) in [6.45, 7) is 6.56. The highest BCUT2D eigenvalue weighted by atomic mass is 16.5. The Morgan fingerprint density at radius 3 is 2.94 bits per heavy atom. The molecule has 102 valence electrons. The van der Waals surface area contributed by atoms with Crippen LogP contribution in [0.4, 0.5) is 6.01 Å². The first-order valence-corrected chi connectivity index (χ1v) is 6.73. The van der Waals surface area contributed by atoms with E-state index < -0.39 is 0 Å². The average Bonchev–Trinajstić information content (AvgIpc) is 2.86. The van der Waals surface area contributed by atoms with E-state index in [1.54, 1.807) is 6.26 Å². The molecule has 1 aromatic heterocycles. The molecular formula is C13H23N3O2. The molecule has 1 aromatic rings. The van der Waals surface area contributed by atoms with Crippen molar-refractivity contribution in [3.63, 3.8) is 0 Å². The lowest BCUT2D eigenvalue weighted by atomic mass is 10.0. The second kappa shape index (κ2) is 6.75. The molecule has 1 saturated heterocycles. The van der Waals surface area contributed by atoms with Gasteiger partial charge in [-0.2, -0.15) is 4.98 Å². The van der Waals surface area contributed by atoms with Gasteiger partial charge >= 0.3 is 0 Å². The van der Waals surface area contributed by atoms with Gasteiger partial charge in [-0.15, -0.1) is 0 Å². The summed E-state index contributed by atoms with van der Waals surface area (Å²) in [5.74, 6) is 0.688. The molecule has 0 spiro atoms. The van der Waals surface area contributed by atoms with Gasteiger partial charge < -0.3 is 19.4 Å². The maximum atomic E-state index is 5.51. The molecule has 18 heavy (non-hydrogen) atoms. The molecule has 2 heterocycles. The fourth-order valence-corrected chi connectivity index (χ4v) is 2.20. The number of hydrogen-bond donors (Lipinski definition) is 1. The van der Waals surface area contributed by atoms with Crippen molar-refractivity contribution >= 4 is 6.01 Å². The molecule has 0 radical (unpaired) electrons. The predicted molar refractivity (Wildman–Crippen MR) is 70.7 cm³/mol. The number of hydrogen-bond acceptors (Lipinski definition) is 5. The van der Waals surface area contributed by atoms with E-state index in [-0.39, 0.29) is 0 Å². The van der Waals surface area contributed by atoms with Gasteiger partial charge in [0.05, 0.1) is 5.69 Å². The summed E-state index contributed by atoms with van der Waals surface area (Å²) in [6, 6.07) is 0.717. The summed E-state index contributed by atoms with van der Waals surface area (Å²) >= 11 is 0. The Balaban J connectivity index is 1.83. The molecule has 1 N–H and O–H groups in total. The molecule has 1 aliphatic heterocycles. The van der Waals surface area contributed by atoms with Gasteiger partial charge in [-0.1, -0.05) is 6.92 Å². The van der Waals surface area contributed by atoms with E-state index in [9.17, 15) is 0 Å². The van der Waals surface area contributed by atoms with Crippen LogP contribution in [0.15, 0.2) is 10.7 Å². The zero-order valence-corrected chi connectivity index (χ0v) is 11.3. The minimum Gasteiger partial charge on any atom is -0.432 e. The van der Waals surface area contributed by atoms with Crippen LogP contribution in [0, 0.1) is 5.92 Å². The van der Waals surface area contributed by atoms with Gasteiger partial charge in [0.1, 0.15) is 6.26 Å². The Hall–Kier alpha value is -1.07. The zero-order chi connectivity index (χ0) is 12.8. The number of oxazole rings is 1. The van der Waals surface area contributed by atoms with Crippen molar-refractivity contribution in [2.45, 2.75) is 26.3 Å². The van der Waals surface area contributed by atoms with E-state index in [2.05, 4.69) is 22.1 Å². The van der Waals surface area contributed by atoms with Crippen LogP contribution >= 0.6 is 0 Å². The molecule has 0 atom stereocenters. The van der Waals surface area contributed by atoms with Crippen molar-refractivity contribution in [2.24, 2.45) is 5.92 Å². The molecule has 0 bridgehead atoms. The third kappa shape index (κ3) is 3.71. The Kier molecular flexibility index (Phi) is 5.01. The minimum atomic E-state index is 0.688. The van der Waals surface area contributed by atoms with E-state index in [4.69, 9.17) is 9.15 Å². The summed E-state index contributed by atoms with van der Waals surface area (Å²) < 4.78 is 10.9. The van der Waals surface area contributed by atoms with Crippen LogP contribution in [-0.4, -0.2) is 38.3 Å². The molecule has 0 unspecified atom stereocenters. The largest absolute Gasteiger partial charge is 0.432 e. The van der Waals surface area contributed by atoms with Crippen molar-refractivity contribution in [2.75, 3.05) is 38.3 Å². The van der Waals surface area contributed by atoms with Gasteiger partial charge in [-0.25, -0.2) is 0 Å². The molecule has 0 aliphatic carbocycles. The normalized spacial score (nSPS) is 17.0. The second-order valence-corrected chi connectivity index (χ2v) is 4.84. The van der Waals surface area contributed by atoms with Crippen LogP contribution in [0.2, 0.25) is 0 Å². The Morgan fingerprint density at radius 2 is 2.22 bits per heavy atom. The van der Waals surface area contributed by atoms with Crippen molar-refractivity contribution in [3.8, 4) is 0 Å². The molecule has 1 fully saturated rings. The highest BCUT2D eigenvalue weighted by Crippen LogP contribution is 2.19. The van der Waals surface area contributed by atoms with Crippen molar-refractivity contribution in [1.29, 1.82) is 0 Å². The quantitative estimate of drug-likeness (QED) is 0.835. The number of aromatic nitrogens is 1. The zero-order valence-electron chi connectivity index (χ0n) is 11.3. The van der Waals surface area contributed by atoms with Gasteiger partial charge in [-0.3, -0.25) is 0 Å². The fraction of sp³-hybridized carbons (Fsp3) is 0.769. The standard InChI is InChI=1S/C13H23N3O2/c1-3-14-8-12-10-18-13(15-12)16(2)9-11-4-6-17-7-5-11/h10-11,14H,3-9H2,1-2H3. The van der Waals surface area contributed by atoms with Gasteiger partial charge in [0, 0.05) is 33.4 Å². The third-order valence-corrected chi connectivity index (χ3v) is 3.30. The van der Waals surface area contributed by atoms with E-state index in [1.807, 2.05) is 7.05 Å². The third-order valence-electron chi connectivity index (χ3n) is 3.30. The van der Waals surface area contributed by atoms with Crippen LogP contribution in [0.3, 0.4) is 0 Å². The van der Waals surface area contributed by atoms with Gasteiger partial charge in [0.25, 0.3) is 6.01 Å². The average molecular weight is 253 g/mol. The number of anilines is 1. The molecule has 5 nitrogen and oxygen atoms in total. The van der Waals surface area contributed by atoms with Crippen LogP contribution in [0.5, 0.6) is 0 Å². The Bertz CT molecular complexity index is 348. The van der Waals surface area contributed by atoms with Crippen LogP contribution in [0.25, 0.3) is 0 Å². The lowest BCUT2D eigenvalue weighted by molar-refractivity contribution is 0.0682. The van der Waals surface area contributed by atoms with Crippen molar-refractivity contribution in [1.82, 2.24) is 10.3 Å². The maximum absolute atomic E-state index is 5.51. The Labute approximate surface area is 109 Å². The first-order valence-electron chi connectivity index (χ1n) is 6.73.